The molecule has 0 aromatic heterocycles. The van der Waals surface area contributed by atoms with Crippen LogP contribution in [0, 0.1) is 0 Å². The lowest BCUT2D eigenvalue weighted by molar-refractivity contribution is 0.0488. The van der Waals surface area contributed by atoms with Crippen LogP contribution >= 0.6 is 0 Å². The lowest BCUT2D eigenvalue weighted by Gasteiger charge is -2.33. The molecular formula is C7H13NO3. The number of amides is 1. The number of hydrogen-bond acceptors (Lipinski definition) is 2. The summed E-state index contributed by atoms with van der Waals surface area (Å²) in [6.45, 7) is 2.27. The van der Waals surface area contributed by atoms with Crippen LogP contribution in [0.2, 0.25) is 0 Å². The van der Waals surface area contributed by atoms with Gasteiger partial charge in [0.2, 0.25) is 0 Å². The van der Waals surface area contributed by atoms with Gasteiger partial charge >= 0.3 is 6.09 Å². The van der Waals surface area contributed by atoms with E-state index in [1.165, 1.54) is 4.90 Å². The summed E-state index contributed by atoms with van der Waals surface area (Å²) >= 11 is 0. The molecule has 0 spiro atoms. The van der Waals surface area contributed by atoms with Gasteiger partial charge in [0.25, 0.3) is 0 Å². The minimum atomic E-state index is -0.885. The second-order valence-corrected chi connectivity index (χ2v) is 3.00. The maximum Gasteiger partial charge on any atom is 0.407 e. The Morgan fingerprint density at radius 3 is 2.73 bits per heavy atom. The third-order valence-corrected chi connectivity index (χ3v) is 2.09. The highest BCUT2D eigenvalue weighted by Crippen LogP contribution is 2.16. The number of nitrogens with zero attached hydrogens (tertiary/aromatic N) is 1. The lowest BCUT2D eigenvalue weighted by Crippen LogP contribution is -2.45. The molecule has 0 saturated carbocycles. The van der Waals surface area contributed by atoms with Crippen molar-refractivity contribution in [3.63, 3.8) is 0 Å². The van der Waals surface area contributed by atoms with Gasteiger partial charge in [-0.2, -0.15) is 0 Å². The zero-order valence-electron chi connectivity index (χ0n) is 6.53. The van der Waals surface area contributed by atoms with Crippen molar-refractivity contribution >= 4 is 6.09 Å². The van der Waals surface area contributed by atoms with Crippen molar-refractivity contribution in [1.29, 1.82) is 0 Å². The van der Waals surface area contributed by atoms with Crippen LogP contribution in [-0.2, 0) is 0 Å². The fourth-order valence-corrected chi connectivity index (χ4v) is 1.43. The molecule has 4 nitrogen and oxygen atoms in total. The number of likely N-dealkylation sites (tertiary alicyclic amines) is 1. The normalized spacial score (nSPS) is 32.0. The monoisotopic (exact) mass is 159 g/mol. The molecule has 1 aliphatic rings. The molecule has 2 atom stereocenters. The molecule has 2 N–H and O–H groups in total. The topological polar surface area (TPSA) is 60.8 Å². The average molecular weight is 159 g/mol. The number of piperidine rings is 1. The molecule has 0 unspecified atom stereocenters. The molecule has 0 bridgehead atoms. The molecule has 0 aromatic carbocycles. The smallest absolute Gasteiger partial charge is 0.407 e. The van der Waals surface area contributed by atoms with Crippen molar-refractivity contribution in [3.8, 4) is 0 Å². The number of carboxylic acid groups (broad SMARTS) is 1. The van der Waals surface area contributed by atoms with Crippen molar-refractivity contribution in [2.24, 2.45) is 0 Å². The van der Waals surface area contributed by atoms with E-state index in [1.54, 1.807) is 0 Å². The highest BCUT2D eigenvalue weighted by molar-refractivity contribution is 5.65. The van der Waals surface area contributed by atoms with Gasteiger partial charge in [-0.1, -0.05) is 0 Å². The minimum Gasteiger partial charge on any atom is -0.465 e. The highest BCUT2D eigenvalue weighted by Gasteiger charge is 2.26. The second kappa shape index (κ2) is 3.09. The summed E-state index contributed by atoms with van der Waals surface area (Å²) in [6.07, 6.45) is -0.0758. The van der Waals surface area contributed by atoms with Crippen molar-refractivity contribution in [1.82, 2.24) is 4.90 Å². The summed E-state index contributed by atoms with van der Waals surface area (Å²) in [4.78, 5) is 11.9. The van der Waals surface area contributed by atoms with Crippen LogP contribution in [0.1, 0.15) is 19.8 Å². The molecule has 1 rings (SSSR count). The van der Waals surface area contributed by atoms with Gasteiger partial charge in [-0.3, -0.25) is 0 Å². The summed E-state index contributed by atoms with van der Waals surface area (Å²) in [5, 5.41) is 17.8. The first-order chi connectivity index (χ1) is 5.11. The quantitative estimate of drug-likeness (QED) is 0.541. The highest BCUT2D eigenvalue weighted by atomic mass is 16.4. The first-order valence-corrected chi connectivity index (χ1v) is 3.79. The van der Waals surface area contributed by atoms with Gasteiger partial charge in [0.05, 0.1) is 6.10 Å². The number of aliphatic hydroxyl groups excluding tert-OH is 1. The lowest BCUT2D eigenvalue weighted by atomic mass is 10.0. The predicted molar refractivity (Wildman–Crippen MR) is 39.4 cm³/mol. The van der Waals surface area contributed by atoms with Gasteiger partial charge in [0.15, 0.2) is 0 Å². The van der Waals surface area contributed by atoms with E-state index in [9.17, 15) is 4.79 Å². The van der Waals surface area contributed by atoms with Crippen LogP contribution in [0.25, 0.3) is 0 Å². The Bertz CT molecular complexity index is 160. The van der Waals surface area contributed by atoms with E-state index in [0.717, 1.165) is 0 Å². The van der Waals surface area contributed by atoms with Crippen molar-refractivity contribution in [3.05, 3.63) is 0 Å². The SMILES string of the molecule is C[C@H]1C[C@@H](O)CCN1C(=O)O. The van der Waals surface area contributed by atoms with E-state index < -0.39 is 6.09 Å². The second-order valence-electron chi connectivity index (χ2n) is 3.00. The fraction of sp³-hybridized carbons (Fsp3) is 0.857. The first-order valence-electron chi connectivity index (χ1n) is 3.79. The Hall–Kier alpha value is -0.770. The Kier molecular flexibility index (Phi) is 2.34. The van der Waals surface area contributed by atoms with Gasteiger partial charge in [0.1, 0.15) is 0 Å². The molecular weight excluding hydrogens is 146 g/mol. The van der Waals surface area contributed by atoms with Crippen molar-refractivity contribution < 1.29 is 15.0 Å². The third-order valence-electron chi connectivity index (χ3n) is 2.09. The zero-order chi connectivity index (χ0) is 8.43. The Balaban J connectivity index is 2.50. The van der Waals surface area contributed by atoms with E-state index in [0.29, 0.717) is 19.4 Å². The predicted octanol–water partition coefficient (Wildman–Crippen LogP) is 0.510. The van der Waals surface area contributed by atoms with Gasteiger partial charge < -0.3 is 15.1 Å². The largest absolute Gasteiger partial charge is 0.465 e. The van der Waals surface area contributed by atoms with Gasteiger partial charge in [-0.15, -0.1) is 0 Å². The van der Waals surface area contributed by atoms with Crippen LogP contribution in [0.4, 0.5) is 4.79 Å². The van der Waals surface area contributed by atoms with Gasteiger partial charge in [-0.05, 0) is 19.8 Å². The van der Waals surface area contributed by atoms with E-state index in [-0.39, 0.29) is 12.1 Å². The Labute approximate surface area is 65.4 Å². The summed E-state index contributed by atoms with van der Waals surface area (Å²) in [6, 6.07) is -0.0451. The van der Waals surface area contributed by atoms with Gasteiger partial charge in [-0.25, -0.2) is 4.79 Å². The summed E-state index contributed by atoms with van der Waals surface area (Å²) < 4.78 is 0. The molecule has 1 aliphatic heterocycles. The average Bonchev–Trinajstić information content (AvgIpc) is 1.85. The molecule has 0 radical (unpaired) electrons. The number of rotatable bonds is 0. The number of hydrogen-bond donors (Lipinski definition) is 2. The molecule has 11 heavy (non-hydrogen) atoms. The van der Waals surface area contributed by atoms with Crippen molar-refractivity contribution in [2.75, 3.05) is 6.54 Å². The molecule has 64 valence electrons. The molecule has 0 aromatic rings. The van der Waals surface area contributed by atoms with Crippen LogP contribution in [0.3, 0.4) is 0 Å². The minimum absolute atomic E-state index is 0.0451. The standard InChI is InChI=1S/C7H13NO3/c1-5-4-6(9)2-3-8(5)7(10)11/h5-6,9H,2-4H2,1H3,(H,10,11)/t5-,6-/m0/s1. The number of aliphatic hydroxyl groups is 1. The summed E-state index contributed by atoms with van der Waals surface area (Å²) in [7, 11) is 0. The fourth-order valence-electron chi connectivity index (χ4n) is 1.43. The van der Waals surface area contributed by atoms with E-state index in [4.69, 9.17) is 10.2 Å². The van der Waals surface area contributed by atoms with E-state index >= 15 is 0 Å². The van der Waals surface area contributed by atoms with Gasteiger partial charge in [0, 0.05) is 12.6 Å². The van der Waals surface area contributed by atoms with Crippen LogP contribution in [0.15, 0.2) is 0 Å². The number of carbonyl (C=O) groups is 1. The first kappa shape index (κ1) is 8.33. The summed E-state index contributed by atoms with van der Waals surface area (Å²) in [5.74, 6) is 0. The molecule has 1 heterocycles. The Morgan fingerprint density at radius 2 is 2.27 bits per heavy atom. The molecule has 1 fully saturated rings. The van der Waals surface area contributed by atoms with Crippen molar-refractivity contribution in [2.45, 2.75) is 31.9 Å². The molecule has 1 amide bonds. The zero-order valence-corrected chi connectivity index (χ0v) is 6.53. The van der Waals surface area contributed by atoms with Crippen LogP contribution in [-0.4, -0.2) is 39.9 Å². The van der Waals surface area contributed by atoms with E-state index in [2.05, 4.69) is 0 Å². The van der Waals surface area contributed by atoms with E-state index in [1.807, 2.05) is 6.92 Å². The van der Waals surface area contributed by atoms with Crippen LogP contribution < -0.4 is 0 Å². The molecule has 4 heteroatoms. The third kappa shape index (κ3) is 1.83. The van der Waals surface area contributed by atoms with Crippen LogP contribution in [0.5, 0.6) is 0 Å². The maximum absolute atomic E-state index is 10.5. The molecule has 1 saturated heterocycles. The molecule has 0 aliphatic carbocycles. The maximum atomic E-state index is 10.5. The summed E-state index contributed by atoms with van der Waals surface area (Å²) in [5.41, 5.74) is 0. The Morgan fingerprint density at radius 1 is 1.64 bits per heavy atom.